The molecule has 7 rings (SSSR count). The van der Waals surface area contributed by atoms with E-state index in [1.807, 2.05) is 55.4 Å². The molecule has 1 aliphatic rings. The van der Waals surface area contributed by atoms with Crippen molar-refractivity contribution in [3.63, 3.8) is 0 Å². The van der Waals surface area contributed by atoms with E-state index in [1.165, 1.54) is 0 Å². The molecule has 104 heavy (non-hydrogen) atoms. The van der Waals surface area contributed by atoms with E-state index in [0.717, 1.165) is 93.2 Å². The lowest BCUT2D eigenvalue weighted by atomic mass is 9.90. The fourth-order valence-corrected chi connectivity index (χ4v) is 11.7. The molecule has 2 heterocycles. The van der Waals surface area contributed by atoms with Crippen molar-refractivity contribution < 1.29 is 47.6 Å². The zero-order valence-electron chi connectivity index (χ0n) is 64.7. The lowest BCUT2D eigenvalue weighted by Gasteiger charge is -2.28. The number of nitrogen functional groups attached to an aromatic ring is 2. The quantitative estimate of drug-likeness (QED) is 0.0179. The Balaban J connectivity index is 1.24. The first kappa shape index (κ1) is 81.7. The van der Waals surface area contributed by atoms with Gasteiger partial charge in [-0.2, -0.15) is 29.9 Å². The molecule has 2 atom stereocenters. The lowest BCUT2D eigenvalue weighted by Crippen LogP contribution is -2.50. The monoisotopic (exact) mass is 1440 g/mol. The maximum Gasteiger partial charge on any atom is 0.408 e. The topological polar surface area (TPSA) is 349 Å². The molecule has 12 N–H and O–H groups in total. The Kier molecular flexibility index (Phi) is 29.2. The summed E-state index contributed by atoms with van der Waals surface area (Å²) in [5, 5.41) is 25.3. The van der Waals surface area contributed by atoms with Gasteiger partial charge in [0.25, 0.3) is 0 Å². The van der Waals surface area contributed by atoms with Crippen LogP contribution in [0.2, 0.25) is 0 Å². The van der Waals surface area contributed by atoms with Gasteiger partial charge in [0.15, 0.2) is 0 Å². The van der Waals surface area contributed by atoms with Crippen LogP contribution in [0, 0.1) is 22.7 Å². The van der Waals surface area contributed by atoms with Gasteiger partial charge in [-0.05, 0) is 149 Å². The first-order valence-corrected chi connectivity index (χ1v) is 36.7. The van der Waals surface area contributed by atoms with Crippen molar-refractivity contribution in [1.29, 1.82) is 0 Å². The molecule has 1 aliphatic carbocycles. The Morgan fingerprint density at radius 3 is 0.990 bits per heavy atom. The molecule has 4 aromatic carbocycles. The van der Waals surface area contributed by atoms with E-state index in [0.29, 0.717) is 89.4 Å². The minimum atomic E-state index is -0.790. The Bertz CT molecular complexity index is 3530. The number of carbonyl (C=O) groups is 4. The number of anilines is 8. The molecule has 0 radical (unpaired) electrons. The molecule has 26 nitrogen and oxygen atoms in total. The third-order valence-corrected chi connectivity index (χ3v) is 16.3. The number of alkyl carbamates (subject to hydrolysis) is 2. The van der Waals surface area contributed by atoms with E-state index in [1.54, 1.807) is 41.5 Å². The molecule has 4 amide bonds. The highest BCUT2D eigenvalue weighted by molar-refractivity contribution is 5.86. The van der Waals surface area contributed by atoms with E-state index in [4.69, 9.17) is 49.9 Å². The lowest BCUT2D eigenvalue weighted by molar-refractivity contribution is -0.124. The number of para-hydroxylation sites is 2. The summed E-state index contributed by atoms with van der Waals surface area (Å²) in [5.41, 5.74) is 19.1. The van der Waals surface area contributed by atoms with Gasteiger partial charge < -0.3 is 82.4 Å². The minimum absolute atomic E-state index is 0.00982. The summed E-state index contributed by atoms with van der Waals surface area (Å²) in [6.07, 6.45) is 4.22. The summed E-state index contributed by atoms with van der Waals surface area (Å²) in [7, 11) is 0. The molecule has 0 saturated heterocycles. The van der Waals surface area contributed by atoms with Gasteiger partial charge in [-0.15, -0.1) is 0 Å². The van der Waals surface area contributed by atoms with Crippen LogP contribution in [0.25, 0.3) is 0 Å². The molecular weight excluding hydrogens is 1320 g/mol. The summed E-state index contributed by atoms with van der Waals surface area (Å²) < 4.78 is 38.5. The molecule has 568 valence electrons. The maximum atomic E-state index is 13.6. The van der Waals surface area contributed by atoms with Gasteiger partial charge in [0, 0.05) is 85.5 Å². The number of benzene rings is 4. The smallest absolute Gasteiger partial charge is 0.408 e. The number of fused-ring (bicyclic) bond motifs is 8. The predicted octanol–water partition coefficient (Wildman–Crippen LogP) is 13.5. The third kappa shape index (κ3) is 26.0. The van der Waals surface area contributed by atoms with E-state index in [-0.39, 0.29) is 72.4 Å². The van der Waals surface area contributed by atoms with Crippen molar-refractivity contribution >= 4 is 71.1 Å². The van der Waals surface area contributed by atoms with Crippen LogP contribution in [0.3, 0.4) is 0 Å². The average molecular weight is 1440 g/mol. The van der Waals surface area contributed by atoms with Gasteiger partial charge in [-0.1, -0.05) is 119 Å². The minimum Gasteiger partial charge on any atom is -0.493 e. The van der Waals surface area contributed by atoms with E-state index in [2.05, 4.69) is 151 Å². The number of nitrogens with two attached hydrogens (primary N) is 2. The Morgan fingerprint density at radius 2 is 0.712 bits per heavy atom. The second kappa shape index (κ2) is 37.2. The number of ether oxygens (including phenoxy) is 6. The SMILES string of the molecule is CCCOc1c2cccc1Cc1cc(Nc3nc(N)nc(NCC(C)(C)CNC(=O)[C@@H](CC(C)C)NC(=O)OC(C)(C)C)n3)cc(c1OCCC)Cc1cccc(c1OCCC)Cc1cc(Nc3nc(N)nc(NCC(C)(C)CNC(=O)[C@@H](CC(C)C)NC(=O)OC(C)(C)C)n3)cc(c1OCCC)C2. The normalized spacial score (nSPS) is 13.0. The number of hydrogen-bond acceptors (Lipinski definition) is 22. The molecule has 26 heteroatoms. The number of amides is 4. The number of aromatic nitrogens is 6. The number of carbonyl (C=O) groups excluding carboxylic acids is 4. The molecule has 0 saturated carbocycles. The van der Waals surface area contributed by atoms with Crippen molar-refractivity contribution in [3.8, 4) is 23.0 Å². The molecule has 8 bridgehead atoms. The molecule has 6 aromatic rings. The molecule has 0 unspecified atom stereocenters. The van der Waals surface area contributed by atoms with Crippen LogP contribution >= 0.6 is 0 Å². The summed E-state index contributed by atoms with van der Waals surface area (Å²) in [4.78, 5) is 80.5. The molecular formula is C78H116N16O10. The van der Waals surface area contributed by atoms with Gasteiger partial charge >= 0.3 is 12.2 Å². The third-order valence-electron chi connectivity index (χ3n) is 16.3. The predicted molar refractivity (Wildman–Crippen MR) is 411 cm³/mol. The Labute approximate surface area is 615 Å². The van der Waals surface area contributed by atoms with E-state index >= 15 is 0 Å². The molecule has 2 aromatic heterocycles. The largest absolute Gasteiger partial charge is 0.493 e. The van der Waals surface area contributed by atoms with E-state index in [9.17, 15) is 19.2 Å². The standard InChI is InChI=1S/C78H116N16O10/c1-19-29-99-61-49-25-23-26-50(61)36-54-40-58(86-72-92-68(80)90-70(94-72)84-46-78(17,18)44-82-66(96)60(34-48(7)8)88-74(98)104-76(12,13)14)42-56(64(54)102-32-22-4)38-52-28-24-27-51(62(52)100-30-20-2)37-55-41-57(39-53(35-49)63(55)101-31-21-3)85-71-91-67(79)89-69(93-71)83-45-77(15,16)43-81-65(95)59(33-47(5)6)87-73(97)103-75(9,10)11/h23-28,39-42,47-48,59-60H,19-22,29-38,43-46H2,1-18H3,(H,81,95)(H,82,96)(H,87,97)(H,88,98)(H4,79,83,85,89,91,93)(H4,80,84,86,90,92,94)/t59-,60-/m1/s1. The van der Waals surface area contributed by atoms with Gasteiger partial charge in [-0.25, -0.2) is 9.59 Å². The second-order valence-electron chi connectivity index (χ2n) is 31.2. The Hall–Kier alpha value is -9.62. The zero-order chi connectivity index (χ0) is 76.1. The van der Waals surface area contributed by atoms with Crippen LogP contribution in [-0.2, 0) is 44.7 Å². The number of nitrogens with one attached hydrogen (secondary N) is 8. The number of rotatable bonds is 34. The van der Waals surface area contributed by atoms with Crippen molar-refractivity contribution in [2.75, 3.05) is 85.3 Å². The fourth-order valence-electron chi connectivity index (χ4n) is 11.7. The van der Waals surface area contributed by atoms with Crippen molar-refractivity contribution in [2.24, 2.45) is 22.7 Å². The summed E-state index contributed by atoms with van der Waals surface area (Å²) >= 11 is 0. The van der Waals surface area contributed by atoms with Gasteiger partial charge in [-0.3, -0.25) is 9.59 Å². The van der Waals surface area contributed by atoms with Crippen LogP contribution in [0.5, 0.6) is 23.0 Å². The first-order chi connectivity index (χ1) is 49.1. The van der Waals surface area contributed by atoms with Gasteiger partial charge in [0.2, 0.25) is 47.5 Å². The van der Waals surface area contributed by atoms with E-state index < -0.39 is 46.3 Å². The van der Waals surface area contributed by atoms with Crippen molar-refractivity contribution in [3.05, 3.63) is 105 Å². The first-order valence-electron chi connectivity index (χ1n) is 36.7. The maximum absolute atomic E-state index is 13.6. The average Bonchev–Trinajstić information content (AvgIpc) is 0.778. The van der Waals surface area contributed by atoms with Crippen LogP contribution in [-0.4, -0.2) is 130 Å². The number of nitrogens with zero attached hydrogens (tertiary/aromatic N) is 6. The Morgan fingerprint density at radius 1 is 0.423 bits per heavy atom. The fraction of sp³-hybridized carbons (Fsp3) is 0.564. The summed E-state index contributed by atoms with van der Waals surface area (Å²) in [5.74, 6) is 3.46. The number of hydrogen-bond donors (Lipinski definition) is 10. The highest BCUT2D eigenvalue weighted by Gasteiger charge is 2.31. The van der Waals surface area contributed by atoms with Crippen LogP contribution in [0.4, 0.5) is 56.7 Å². The molecule has 0 spiro atoms. The van der Waals surface area contributed by atoms with Gasteiger partial charge in [0.1, 0.15) is 46.3 Å². The highest BCUT2D eigenvalue weighted by atomic mass is 16.6. The summed E-state index contributed by atoms with van der Waals surface area (Å²) in [6, 6.07) is 19.2. The second-order valence-corrected chi connectivity index (χ2v) is 31.2. The van der Waals surface area contributed by atoms with Gasteiger partial charge in [0.05, 0.1) is 26.4 Å². The van der Waals surface area contributed by atoms with Crippen molar-refractivity contribution in [1.82, 2.24) is 51.2 Å². The van der Waals surface area contributed by atoms with Crippen LogP contribution < -0.4 is 72.9 Å². The molecule has 0 fully saturated rings. The zero-order valence-corrected chi connectivity index (χ0v) is 64.7. The summed E-state index contributed by atoms with van der Waals surface area (Å²) in [6.45, 7) is 38.0. The molecule has 0 aliphatic heterocycles. The van der Waals surface area contributed by atoms with Crippen molar-refractivity contribution in [2.45, 2.75) is 212 Å². The van der Waals surface area contributed by atoms with Crippen LogP contribution in [0.15, 0.2) is 60.7 Å². The highest BCUT2D eigenvalue weighted by Crippen LogP contribution is 2.42. The van der Waals surface area contributed by atoms with Crippen LogP contribution in [0.1, 0.15) is 208 Å².